The van der Waals surface area contributed by atoms with Gasteiger partial charge in [-0.3, -0.25) is 0 Å². The van der Waals surface area contributed by atoms with Crippen molar-refractivity contribution in [2.24, 2.45) is 0 Å². The van der Waals surface area contributed by atoms with E-state index in [-0.39, 0.29) is 12.5 Å². The second kappa shape index (κ2) is 5.89. The number of hydrogen-bond acceptors (Lipinski definition) is 3. The molecule has 2 aromatic rings. The summed E-state index contributed by atoms with van der Waals surface area (Å²) < 4.78 is 6.37. The summed E-state index contributed by atoms with van der Waals surface area (Å²) in [6, 6.07) is 6.82. The van der Waals surface area contributed by atoms with Gasteiger partial charge in [-0.1, -0.05) is 39.1 Å². The Labute approximate surface area is 122 Å². The summed E-state index contributed by atoms with van der Waals surface area (Å²) in [4.78, 5) is 4.02. The zero-order valence-electron chi connectivity index (χ0n) is 9.03. The Morgan fingerprint density at radius 2 is 2.00 bits per heavy atom. The fraction of sp³-hybridized carbons (Fsp3) is 0.0833. The molecule has 0 radical (unpaired) electrons. The predicted octanol–water partition coefficient (Wildman–Crippen LogP) is 4.44. The molecule has 3 nitrogen and oxygen atoms in total. The van der Waals surface area contributed by atoms with Crippen molar-refractivity contribution in [3.8, 4) is 11.6 Å². The summed E-state index contributed by atoms with van der Waals surface area (Å²) in [5.41, 5.74) is 0.620. The van der Waals surface area contributed by atoms with E-state index >= 15 is 0 Å². The number of benzene rings is 1. The Bertz CT molecular complexity index is 578. The molecule has 0 bridgehead atoms. The van der Waals surface area contributed by atoms with E-state index in [2.05, 4.69) is 20.9 Å². The smallest absolute Gasteiger partial charge is 0.238 e. The van der Waals surface area contributed by atoms with E-state index in [9.17, 15) is 0 Å². The van der Waals surface area contributed by atoms with Crippen molar-refractivity contribution in [3.63, 3.8) is 0 Å². The average molecular weight is 349 g/mol. The van der Waals surface area contributed by atoms with Crippen LogP contribution in [0.3, 0.4) is 0 Å². The molecule has 2 rings (SSSR count). The van der Waals surface area contributed by atoms with Crippen LogP contribution in [-0.2, 0) is 6.61 Å². The first-order valence-electron chi connectivity index (χ1n) is 4.98. The normalized spacial score (nSPS) is 10.4. The van der Waals surface area contributed by atoms with Crippen LogP contribution in [0, 0.1) is 0 Å². The minimum Gasteiger partial charge on any atom is -0.436 e. The highest BCUT2D eigenvalue weighted by Gasteiger charge is 2.09. The van der Waals surface area contributed by atoms with Gasteiger partial charge in [-0.25, -0.2) is 4.98 Å². The van der Waals surface area contributed by atoms with E-state index in [1.165, 1.54) is 6.20 Å². The van der Waals surface area contributed by atoms with Crippen molar-refractivity contribution < 1.29 is 9.84 Å². The number of hydrogen-bond donors (Lipinski definition) is 1. The fourth-order valence-corrected chi connectivity index (χ4v) is 2.23. The number of aliphatic hydroxyl groups excluding tert-OH is 1. The van der Waals surface area contributed by atoms with Crippen molar-refractivity contribution >= 4 is 39.1 Å². The van der Waals surface area contributed by atoms with Crippen LogP contribution in [0.4, 0.5) is 0 Å². The number of pyridine rings is 1. The highest BCUT2D eigenvalue weighted by Crippen LogP contribution is 2.33. The molecule has 1 aromatic heterocycles. The van der Waals surface area contributed by atoms with Crippen molar-refractivity contribution in [2.75, 3.05) is 0 Å². The zero-order valence-corrected chi connectivity index (χ0v) is 12.1. The van der Waals surface area contributed by atoms with E-state index in [4.69, 9.17) is 33.0 Å². The minimum absolute atomic E-state index is 0.119. The van der Waals surface area contributed by atoms with Crippen molar-refractivity contribution in [1.29, 1.82) is 0 Å². The van der Waals surface area contributed by atoms with Crippen LogP contribution in [0.2, 0.25) is 10.0 Å². The summed E-state index contributed by atoms with van der Waals surface area (Å²) in [5.74, 6) is 0.712. The number of aliphatic hydroxyl groups is 1. The van der Waals surface area contributed by atoms with Crippen LogP contribution in [0.25, 0.3) is 0 Å². The van der Waals surface area contributed by atoms with Crippen LogP contribution in [0.5, 0.6) is 11.6 Å². The lowest BCUT2D eigenvalue weighted by molar-refractivity contribution is 0.281. The molecule has 1 aromatic carbocycles. The highest BCUT2D eigenvalue weighted by atomic mass is 79.9. The summed E-state index contributed by atoms with van der Waals surface area (Å²) in [6.07, 6.45) is 1.49. The molecule has 0 unspecified atom stereocenters. The molecule has 18 heavy (non-hydrogen) atoms. The molecule has 0 saturated carbocycles. The zero-order chi connectivity index (χ0) is 13.1. The maximum Gasteiger partial charge on any atom is 0.238 e. The SMILES string of the molecule is OCc1cnc(Oc2ccc(Br)cc2Cl)c(Cl)c1. The molecule has 0 spiro atoms. The second-order valence-electron chi connectivity index (χ2n) is 3.47. The van der Waals surface area contributed by atoms with Gasteiger partial charge in [0.25, 0.3) is 0 Å². The van der Waals surface area contributed by atoms with Gasteiger partial charge < -0.3 is 9.84 Å². The first kappa shape index (κ1) is 13.6. The molecule has 0 aliphatic carbocycles. The lowest BCUT2D eigenvalue weighted by Crippen LogP contribution is -1.92. The minimum atomic E-state index is -0.119. The topological polar surface area (TPSA) is 42.4 Å². The third-order valence-electron chi connectivity index (χ3n) is 2.15. The van der Waals surface area contributed by atoms with Gasteiger partial charge in [0.1, 0.15) is 10.8 Å². The van der Waals surface area contributed by atoms with E-state index < -0.39 is 0 Å². The van der Waals surface area contributed by atoms with Crippen LogP contribution < -0.4 is 4.74 Å². The van der Waals surface area contributed by atoms with Crippen molar-refractivity contribution in [2.45, 2.75) is 6.61 Å². The van der Waals surface area contributed by atoms with Gasteiger partial charge >= 0.3 is 0 Å². The second-order valence-corrected chi connectivity index (χ2v) is 5.20. The molecule has 0 aliphatic heterocycles. The van der Waals surface area contributed by atoms with Crippen LogP contribution in [0.1, 0.15) is 5.56 Å². The number of rotatable bonds is 3. The number of halogens is 3. The van der Waals surface area contributed by atoms with Crippen molar-refractivity contribution in [1.82, 2.24) is 4.98 Å². The maximum atomic E-state index is 8.95. The number of nitrogens with zero attached hydrogens (tertiary/aromatic N) is 1. The fourth-order valence-electron chi connectivity index (χ4n) is 1.29. The summed E-state index contributed by atoms with van der Waals surface area (Å²) in [7, 11) is 0. The van der Waals surface area contributed by atoms with Gasteiger partial charge in [0.15, 0.2) is 0 Å². The van der Waals surface area contributed by atoms with Crippen LogP contribution in [0.15, 0.2) is 34.9 Å². The molecule has 0 saturated heterocycles. The number of ether oxygens (including phenoxy) is 1. The largest absolute Gasteiger partial charge is 0.436 e. The molecule has 6 heteroatoms. The third-order valence-corrected chi connectivity index (χ3v) is 3.21. The highest BCUT2D eigenvalue weighted by molar-refractivity contribution is 9.10. The quantitative estimate of drug-likeness (QED) is 0.891. The Hall–Kier alpha value is -0.810. The first-order chi connectivity index (χ1) is 8.60. The van der Waals surface area contributed by atoms with Gasteiger partial charge in [0, 0.05) is 10.7 Å². The molecule has 0 aliphatic rings. The van der Waals surface area contributed by atoms with Gasteiger partial charge in [0.2, 0.25) is 5.88 Å². The lowest BCUT2D eigenvalue weighted by atomic mass is 10.3. The Morgan fingerprint density at radius 1 is 1.22 bits per heavy atom. The monoisotopic (exact) mass is 347 g/mol. The standard InChI is InChI=1S/C12H8BrCl2NO2/c13-8-1-2-11(9(14)4-8)18-12-10(15)3-7(6-17)5-16-12/h1-5,17H,6H2. The van der Waals surface area contributed by atoms with E-state index in [0.717, 1.165) is 4.47 Å². The van der Waals surface area contributed by atoms with E-state index in [1.54, 1.807) is 24.3 Å². The summed E-state index contributed by atoms with van der Waals surface area (Å²) in [5, 5.41) is 9.72. The van der Waals surface area contributed by atoms with E-state index in [0.29, 0.717) is 21.4 Å². The Morgan fingerprint density at radius 3 is 2.61 bits per heavy atom. The lowest BCUT2D eigenvalue weighted by Gasteiger charge is -2.09. The maximum absolute atomic E-state index is 8.95. The van der Waals surface area contributed by atoms with Crippen LogP contribution >= 0.6 is 39.1 Å². The van der Waals surface area contributed by atoms with Gasteiger partial charge in [-0.05, 0) is 29.8 Å². The van der Waals surface area contributed by atoms with Gasteiger partial charge in [-0.2, -0.15) is 0 Å². The Kier molecular flexibility index (Phi) is 4.45. The van der Waals surface area contributed by atoms with Crippen molar-refractivity contribution in [3.05, 3.63) is 50.5 Å². The third kappa shape index (κ3) is 3.14. The predicted molar refractivity (Wildman–Crippen MR) is 74.4 cm³/mol. The molecule has 1 heterocycles. The molecule has 0 amide bonds. The molecule has 94 valence electrons. The summed E-state index contributed by atoms with van der Waals surface area (Å²) >= 11 is 15.3. The van der Waals surface area contributed by atoms with E-state index in [1.807, 2.05) is 0 Å². The van der Waals surface area contributed by atoms with Crippen LogP contribution in [-0.4, -0.2) is 10.1 Å². The van der Waals surface area contributed by atoms with Gasteiger partial charge in [0.05, 0.1) is 11.6 Å². The molecular weight excluding hydrogens is 341 g/mol. The first-order valence-corrected chi connectivity index (χ1v) is 6.53. The molecule has 0 atom stereocenters. The average Bonchev–Trinajstić information content (AvgIpc) is 2.34. The molecule has 1 N–H and O–H groups in total. The molecule has 0 fully saturated rings. The number of aromatic nitrogens is 1. The Balaban J connectivity index is 2.28. The molecular formula is C12H8BrCl2NO2. The summed E-state index contributed by atoms with van der Waals surface area (Å²) in [6.45, 7) is -0.119. The van der Waals surface area contributed by atoms with Gasteiger partial charge in [-0.15, -0.1) is 0 Å².